The van der Waals surface area contributed by atoms with Gasteiger partial charge in [0.05, 0.1) is 0 Å². The Morgan fingerprint density at radius 2 is 0.875 bits per heavy atom. The molecule has 0 heterocycles. The van der Waals surface area contributed by atoms with E-state index in [0.717, 1.165) is 12.2 Å². The van der Waals surface area contributed by atoms with Crippen LogP contribution in [0.5, 0.6) is 0 Å². The first kappa shape index (κ1) is 26.0. The van der Waals surface area contributed by atoms with Crippen LogP contribution < -0.4 is 0 Å². The highest BCUT2D eigenvalue weighted by Crippen LogP contribution is 0.871. The number of hydrogen-bond acceptors (Lipinski definition) is 4. The Morgan fingerprint density at radius 1 is 0.875 bits per heavy atom. The molecule has 0 spiro atoms. The van der Waals surface area contributed by atoms with Gasteiger partial charge in [0.1, 0.15) is 0 Å². The highest BCUT2D eigenvalue weighted by atomic mass is 32.1. The van der Waals surface area contributed by atoms with E-state index in [-0.39, 0.29) is 27.0 Å². The lowest BCUT2D eigenvalue weighted by molar-refractivity contribution is 0.562. The molecule has 0 aliphatic rings. The molecule has 0 aliphatic carbocycles. The molecule has 0 rings (SSSR count). The number of nitrogens with one attached hydrogen (secondary N) is 2. The van der Waals surface area contributed by atoms with Gasteiger partial charge in [0.15, 0.2) is 0 Å². The summed E-state index contributed by atoms with van der Waals surface area (Å²) >= 11 is 0. The Labute approximate surface area is 60.2 Å². The number of rotatable bonds is 0. The van der Waals surface area contributed by atoms with Gasteiger partial charge in [0.25, 0.3) is 0 Å². The van der Waals surface area contributed by atoms with Gasteiger partial charge < -0.3 is 0 Å². The highest BCUT2D eigenvalue weighted by molar-refractivity contribution is 7.59. The first-order chi connectivity index (χ1) is 2.83. The second-order valence-corrected chi connectivity index (χ2v) is 0.204. The molecule has 6 heteroatoms. The number of hydrogen-bond donors (Lipinski definition) is 2. The van der Waals surface area contributed by atoms with Crippen LogP contribution in [0.15, 0.2) is 0 Å². The predicted octanol–water partition coefficient (Wildman–Crippen LogP) is 0.0275. The molecule has 48 valence electrons. The number of carbonyl (C=O) groups excluding carboxylic acids is 2. The van der Waals surface area contributed by atoms with Crippen molar-refractivity contribution in [3.05, 3.63) is 0 Å². The van der Waals surface area contributed by atoms with E-state index in [1.165, 1.54) is 0 Å². The molecule has 0 aromatic carbocycles. The van der Waals surface area contributed by atoms with Crippen molar-refractivity contribution in [1.29, 1.82) is 10.8 Å². The van der Waals surface area contributed by atoms with Crippen molar-refractivity contribution in [2.24, 2.45) is 0 Å². The second-order valence-electron chi connectivity index (χ2n) is 0.204. The fourth-order valence-corrected chi connectivity index (χ4v) is 0. The van der Waals surface area contributed by atoms with Crippen molar-refractivity contribution in [2.45, 2.75) is 0 Å². The van der Waals surface area contributed by atoms with E-state index in [1.54, 1.807) is 0 Å². The molecule has 0 atom stereocenters. The minimum absolute atomic E-state index is 0. The van der Waals surface area contributed by atoms with Gasteiger partial charge in [-0.05, 0) is 0 Å². The van der Waals surface area contributed by atoms with Gasteiger partial charge in [-0.25, -0.2) is 20.4 Å². The van der Waals surface area contributed by atoms with Crippen LogP contribution in [0.1, 0.15) is 0 Å². The fraction of sp³-hybridized carbons (Fsp3) is 0. The predicted molar refractivity (Wildman–Crippen MR) is 37.6 cm³/mol. The first-order valence-electron chi connectivity index (χ1n) is 0.908. The third-order valence-electron chi connectivity index (χ3n) is 0. The average Bonchev–Trinajstić information content (AvgIpc) is 1.39. The summed E-state index contributed by atoms with van der Waals surface area (Å²) in [6, 6.07) is 0. The van der Waals surface area contributed by atoms with E-state index in [4.69, 9.17) is 20.4 Å². The monoisotopic (exact) mass is 154 g/mol. The maximum Gasteiger partial charge on any atom is 0.231 e. The summed E-state index contributed by atoms with van der Waals surface area (Å²) in [5.41, 5.74) is 0. The molecule has 0 saturated carbocycles. The fourth-order valence-electron chi connectivity index (χ4n) is 0. The molecule has 8 heavy (non-hydrogen) atoms. The Morgan fingerprint density at radius 3 is 0.875 bits per heavy atom. The van der Waals surface area contributed by atoms with E-state index in [0.29, 0.717) is 0 Å². The smallest absolute Gasteiger partial charge is 0.222 e. The molecular formula is C2H6N2O2S2. The summed E-state index contributed by atoms with van der Waals surface area (Å²) in [5, 5.41) is 10.8. The Bertz CT molecular complexity index is 70.0. The molecule has 0 unspecified atom stereocenters. The molecule has 0 aromatic heterocycles. The van der Waals surface area contributed by atoms with E-state index in [1.807, 2.05) is 0 Å². The van der Waals surface area contributed by atoms with Crippen molar-refractivity contribution < 1.29 is 9.59 Å². The zero-order valence-electron chi connectivity index (χ0n) is 3.82. The van der Waals surface area contributed by atoms with E-state index in [9.17, 15) is 0 Å². The maximum atomic E-state index is 8.35. The van der Waals surface area contributed by atoms with E-state index < -0.39 is 0 Å². The molecule has 2 N–H and O–H groups in total. The highest BCUT2D eigenvalue weighted by Gasteiger charge is 1.04. The van der Waals surface area contributed by atoms with Gasteiger partial charge >= 0.3 is 0 Å². The minimum atomic E-state index is 0. The second kappa shape index (κ2) is 90.3. The van der Waals surface area contributed by atoms with E-state index >= 15 is 0 Å². The van der Waals surface area contributed by atoms with Crippen LogP contribution in [0.3, 0.4) is 0 Å². The molecule has 0 amide bonds. The molecular weight excluding hydrogens is 148 g/mol. The summed E-state index contributed by atoms with van der Waals surface area (Å²) in [5.74, 6) is 0. The molecule has 0 radical (unpaired) electrons. The van der Waals surface area contributed by atoms with Crippen LogP contribution >= 0.6 is 27.0 Å². The normalized spacial score (nSPS) is 2.00. The third-order valence-corrected chi connectivity index (χ3v) is 0. The third kappa shape index (κ3) is 372. The quantitative estimate of drug-likeness (QED) is 0.381. The van der Waals surface area contributed by atoms with Crippen LogP contribution in [-0.4, -0.2) is 12.2 Å². The van der Waals surface area contributed by atoms with E-state index in [2.05, 4.69) is 0 Å². The SMILES string of the molecule is N=C=O.N=C=O.S.S. The largest absolute Gasteiger partial charge is 0.231 e. The Kier molecular flexibility index (Phi) is 294. The lowest BCUT2D eigenvalue weighted by Crippen LogP contribution is -1.16. The standard InChI is InChI=1S/2CHNO.2H2S/c2*2-1-3;;/h2*2H;2*1H2. The lowest BCUT2D eigenvalue weighted by Gasteiger charge is -1.02. The van der Waals surface area contributed by atoms with Gasteiger partial charge in [-0.1, -0.05) is 0 Å². The first-order valence-corrected chi connectivity index (χ1v) is 0.908. The lowest BCUT2D eigenvalue weighted by atomic mass is 11.7. The molecule has 0 fully saturated rings. The summed E-state index contributed by atoms with van der Waals surface area (Å²) in [6.07, 6.45) is 1.50. The van der Waals surface area contributed by atoms with Crippen molar-refractivity contribution in [2.75, 3.05) is 0 Å². The number of isocyanates is 2. The topological polar surface area (TPSA) is 81.8 Å². The minimum Gasteiger partial charge on any atom is -0.222 e. The molecule has 0 aliphatic heterocycles. The van der Waals surface area contributed by atoms with Crippen molar-refractivity contribution in [1.82, 2.24) is 0 Å². The zero-order chi connectivity index (χ0) is 5.41. The van der Waals surface area contributed by atoms with Crippen LogP contribution in [-0.2, 0) is 9.59 Å². The van der Waals surface area contributed by atoms with Gasteiger partial charge in [-0.15, -0.1) is 0 Å². The molecule has 0 bridgehead atoms. The Balaban J connectivity index is -0.0000000160. The van der Waals surface area contributed by atoms with Crippen LogP contribution in [0, 0.1) is 10.8 Å². The van der Waals surface area contributed by atoms with Crippen molar-refractivity contribution in [3.8, 4) is 0 Å². The zero-order valence-corrected chi connectivity index (χ0v) is 5.82. The Hall–Kier alpha value is -0.540. The molecule has 4 nitrogen and oxygen atoms in total. The van der Waals surface area contributed by atoms with Crippen LogP contribution in [0.2, 0.25) is 0 Å². The van der Waals surface area contributed by atoms with Gasteiger partial charge in [-0.2, -0.15) is 27.0 Å². The average molecular weight is 154 g/mol. The maximum absolute atomic E-state index is 8.35. The van der Waals surface area contributed by atoms with Crippen LogP contribution in [0.4, 0.5) is 0 Å². The summed E-state index contributed by atoms with van der Waals surface area (Å²) in [4.78, 5) is 16.7. The van der Waals surface area contributed by atoms with Gasteiger partial charge in [-0.3, -0.25) is 0 Å². The van der Waals surface area contributed by atoms with Gasteiger partial charge in [0, 0.05) is 0 Å². The van der Waals surface area contributed by atoms with Crippen LogP contribution in [0.25, 0.3) is 0 Å². The molecule has 0 saturated heterocycles. The molecule has 0 aromatic rings. The van der Waals surface area contributed by atoms with Crippen molar-refractivity contribution >= 4 is 39.2 Å². The van der Waals surface area contributed by atoms with Crippen molar-refractivity contribution in [3.63, 3.8) is 0 Å². The van der Waals surface area contributed by atoms with Gasteiger partial charge in [0.2, 0.25) is 12.2 Å². The summed E-state index contributed by atoms with van der Waals surface area (Å²) < 4.78 is 0. The summed E-state index contributed by atoms with van der Waals surface area (Å²) in [6.45, 7) is 0. The summed E-state index contributed by atoms with van der Waals surface area (Å²) in [7, 11) is 0.